The first kappa shape index (κ1) is 16.8. The lowest BCUT2D eigenvalue weighted by molar-refractivity contribution is -0.127. The molecule has 1 saturated carbocycles. The van der Waals surface area contributed by atoms with Gasteiger partial charge in [-0.25, -0.2) is 0 Å². The predicted molar refractivity (Wildman–Crippen MR) is 96.7 cm³/mol. The predicted octanol–water partition coefficient (Wildman–Crippen LogP) is 1.78. The number of aliphatic imine (C=N–C) groups is 1. The van der Waals surface area contributed by atoms with Crippen LogP contribution >= 0.6 is 0 Å². The van der Waals surface area contributed by atoms with Gasteiger partial charge in [0.2, 0.25) is 5.91 Å². The van der Waals surface area contributed by atoms with Gasteiger partial charge in [0, 0.05) is 38.5 Å². The summed E-state index contributed by atoms with van der Waals surface area (Å²) in [6.07, 6.45) is 5.44. The van der Waals surface area contributed by atoms with E-state index < -0.39 is 0 Å². The molecular formula is C19H28N4O. The van der Waals surface area contributed by atoms with Gasteiger partial charge in [-0.2, -0.15) is 0 Å². The monoisotopic (exact) mass is 328 g/mol. The first-order valence-corrected chi connectivity index (χ1v) is 9.06. The van der Waals surface area contributed by atoms with Gasteiger partial charge in [-0.15, -0.1) is 0 Å². The zero-order valence-corrected chi connectivity index (χ0v) is 14.3. The van der Waals surface area contributed by atoms with Gasteiger partial charge in [-0.1, -0.05) is 36.8 Å². The minimum absolute atomic E-state index is 0.243. The van der Waals surface area contributed by atoms with Crippen LogP contribution in [0.4, 0.5) is 0 Å². The molecule has 5 heteroatoms. The maximum absolute atomic E-state index is 12.1. The standard InChI is InChI=1S/C19H28N4O/c20-19(21-12-16-7-4-8-16)22-13-17-11-18(24)23(14-17)10-9-15-5-2-1-3-6-15/h1-3,5-6,16-17H,4,7-14H2,(H3,20,21,22). The third-order valence-corrected chi connectivity index (χ3v) is 5.12. The van der Waals surface area contributed by atoms with Crippen molar-refractivity contribution >= 4 is 11.9 Å². The molecule has 1 heterocycles. The van der Waals surface area contributed by atoms with Crippen LogP contribution in [0.5, 0.6) is 0 Å². The molecule has 1 atom stereocenters. The number of nitrogens with two attached hydrogens (primary N) is 1. The van der Waals surface area contributed by atoms with E-state index in [0.717, 1.165) is 32.0 Å². The van der Waals surface area contributed by atoms with E-state index >= 15 is 0 Å². The number of guanidine groups is 1. The number of benzene rings is 1. The van der Waals surface area contributed by atoms with Crippen molar-refractivity contribution < 1.29 is 4.79 Å². The van der Waals surface area contributed by atoms with Crippen molar-refractivity contribution in [2.45, 2.75) is 32.1 Å². The van der Waals surface area contributed by atoms with Crippen LogP contribution in [0.25, 0.3) is 0 Å². The van der Waals surface area contributed by atoms with Crippen LogP contribution in [0, 0.1) is 11.8 Å². The minimum atomic E-state index is 0.243. The van der Waals surface area contributed by atoms with Crippen LogP contribution in [-0.2, 0) is 11.2 Å². The Labute approximate surface area is 144 Å². The molecule has 2 fully saturated rings. The summed E-state index contributed by atoms with van der Waals surface area (Å²) in [7, 11) is 0. The lowest BCUT2D eigenvalue weighted by atomic mass is 9.85. The van der Waals surface area contributed by atoms with Crippen LogP contribution in [0.15, 0.2) is 35.3 Å². The fraction of sp³-hybridized carbons (Fsp3) is 0.579. The normalized spacial score (nSPS) is 21.8. The van der Waals surface area contributed by atoms with Crippen LogP contribution in [0.3, 0.4) is 0 Å². The van der Waals surface area contributed by atoms with Crippen LogP contribution in [0.2, 0.25) is 0 Å². The summed E-state index contributed by atoms with van der Waals surface area (Å²) >= 11 is 0. The Bertz CT molecular complexity index is 568. The molecule has 0 aromatic heterocycles. The van der Waals surface area contributed by atoms with E-state index in [1.54, 1.807) is 0 Å². The van der Waals surface area contributed by atoms with Gasteiger partial charge in [-0.05, 0) is 30.7 Å². The molecule has 3 rings (SSSR count). The molecular weight excluding hydrogens is 300 g/mol. The second-order valence-corrected chi connectivity index (χ2v) is 7.05. The lowest BCUT2D eigenvalue weighted by Crippen LogP contribution is -2.37. The molecule has 1 unspecified atom stereocenters. The molecule has 5 nitrogen and oxygen atoms in total. The number of hydrogen-bond acceptors (Lipinski definition) is 2. The molecule has 130 valence electrons. The molecule has 2 aliphatic rings. The molecule has 0 radical (unpaired) electrons. The zero-order chi connectivity index (χ0) is 16.8. The van der Waals surface area contributed by atoms with E-state index in [1.165, 1.54) is 24.8 Å². The van der Waals surface area contributed by atoms with E-state index in [4.69, 9.17) is 5.73 Å². The molecule has 0 spiro atoms. The first-order chi connectivity index (χ1) is 11.7. The van der Waals surface area contributed by atoms with Crippen molar-refractivity contribution in [3.8, 4) is 0 Å². The molecule has 24 heavy (non-hydrogen) atoms. The highest BCUT2D eigenvalue weighted by molar-refractivity contribution is 5.79. The van der Waals surface area contributed by atoms with Gasteiger partial charge >= 0.3 is 0 Å². The lowest BCUT2D eigenvalue weighted by Gasteiger charge is -2.25. The van der Waals surface area contributed by atoms with Crippen molar-refractivity contribution in [2.75, 3.05) is 26.2 Å². The molecule has 1 aliphatic heterocycles. The Kier molecular flexibility index (Phi) is 5.72. The Morgan fingerprint density at radius 1 is 1.25 bits per heavy atom. The maximum Gasteiger partial charge on any atom is 0.223 e. The van der Waals surface area contributed by atoms with Gasteiger partial charge in [0.15, 0.2) is 5.96 Å². The number of likely N-dealkylation sites (tertiary alicyclic amines) is 1. The minimum Gasteiger partial charge on any atom is -0.370 e. The molecule has 0 bridgehead atoms. The first-order valence-electron chi connectivity index (χ1n) is 9.06. The number of hydrogen-bond donors (Lipinski definition) is 2. The van der Waals surface area contributed by atoms with Gasteiger partial charge in [0.05, 0.1) is 0 Å². The highest BCUT2D eigenvalue weighted by Crippen LogP contribution is 2.25. The second-order valence-electron chi connectivity index (χ2n) is 7.05. The zero-order valence-electron chi connectivity index (χ0n) is 14.3. The quantitative estimate of drug-likeness (QED) is 0.592. The summed E-state index contributed by atoms with van der Waals surface area (Å²) < 4.78 is 0. The van der Waals surface area contributed by atoms with Gasteiger partial charge < -0.3 is 16.0 Å². The van der Waals surface area contributed by atoms with Gasteiger partial charge in [0.25, 0.3) is 0 Å². The van der Waals surface area contributed by atoms with Gasteiger partial charge in [-0.3, -0.25) is 9.79 Å². The summed E-state index contributed by atoms with van der Waals surface area (Å²) in [6, 6.07) is 10.3. The SMILES string of the molecule is NC(=NCC1CC(=O)N(CCc2ccccc2)C1)NCC1CCC1. The largest absolute Gasteiger partial charge is 0.370 e. The number of amides is 1. The van der Waals surface area contributed by atoms with Crippen molar-refractivity contribution in [2.24, 2.45) is 22.6 Å². The molecule has 1 aromatic carbocycles. The van der Waals surface area contributed by atoms with Crippen molar-refractivity contribution in [3.05, 3.63) is 35.9 Å². The summed E-state index contributed by atoms with van der Waals surface area (Å²) in [5, 5.41) is 3.21. The van der Waals surface area contributed by atoms with Crippen LogP contribution in [0.1, 0.15) is 31.2 Å². The number of nitrogens with one attached hydrogen (secondary N) is 1. The third kappa shape index (κ3) is 4.73. The summed E-state index contributed by atoms with van der Waals surface area (Å²) in [6.45, 7) is 3.16. The molecule has 1 amide bonds. The van der Waals surface area contributed by atoms with E-state index in [0.29, 0.717) is 18.9 Å². The van der Waals surface area contributed by atoms with Crippen LogP contribution in [-0.4, -0.2) is 42.9 Å². The fourth-order valence-corrected chi connectivity index (χ4v) is 3.33. The number of carbonyl (C=O) groups excluding carboxylic acids is 1. The topological polar surface area (TPSA) is 70.7 Å². The smallest absolute Gasteiger partial charge is 0.223 e. The number of nitrogens with zero attached hydrogens (tertiary/aromatic N) is 2. The summed E-state index contributed by atoms with van der Waals surface area (Å²) in [4.78, 5) is 18.5. The Hall–Kier alpha value is -2.04. The third-order valence-electron chi connectivity index (χ3n) is 5.12. The van der Waals surface area contributed by atoms with E-state index in [-0.39, 0.29) is 11.8 Å². The number of carbonyl (C=O) groups is 1. The molecule has 3 N–H and O–H groups in total. The summed E-state index contributed by atoms with van der Waals surface area (Å²) in [5.74, 6) is 1.82. The fourth-order valence-electron chi connectivity index (χ4n) is 3.33. The van der Waals surface area contributed by atoms with E-state index in [2.05, 4.69) is 22.4 Å². The average molecular weight is 328 g/mol. The summed E-state index contributed by atoms with van der Waals surface area (Å²) in [5.41, 5.74) is 7.20. The Morgan fingerprint density at radius 2 is 2.04 bits per heavy atom. The van der Waals surface area contributed by atoms with Crippen molar-refractivity contribution in [3.63, 3.8) is 0 Å². The number of rotatable bonds is 7. The Morgan fingerprint density at radius 3 is 2.75 bits per heavy atom. The average Bonchev–Trinajstić information content (AvgIpc) is 2.90. The maximum atomic E-state index is 12.1. The van der Waals surface area contributed by atoms with E-state index in [9.17, 15) is 4.79 Å². The van der Waals surface area contributed by atoms with E-state index in [1.807, 2.05) is 23.1 Å². The van der Waals surface area contributed by atoms with Crippen molar-refractivity contribution in [1.82, 2.24) is 10.2 Å². The molecule has 1 saturated heterocycles. The highest BCUT2D eigenvalue weighted by atomic mass is 16.2. The molecule has 1 aromatic rings. The highest BCUT2D eigenvalue weighted by Gasteiger charge is 2.29. The van der Waals surface area contributed by atoms with Gasteiger partial charge in [0.1, 0.15) is 0 Å². The second kappa shape index (κ2) is 8.18. The van der Waals surface area contributed by atoms with Crippen molar-refractivity contribution in [1.29, 1.82) is 0 Å². The Balaban J connectivity index is 1.39. The van der Waals surface area contributed by atoms with Crippen LogP contribution < -0.4 is 11.1 Å². The molecule has 1 aliphatic carbocycles.